The Balaban J connectivity index is 1.49. The number of aryl methyl sites for hydroxylation is 2. The highest BCUT2D eigenvalue weighted by Crippen LogP contribution is 2.41. The van der Waals surface area contributed by atoms with E-state index in [4.69, 9.17) is 4.74 Å². The van der Waals surface area contributed by atoms with Crippen molar-refractivity contribution in [2.45, 2.75) is 41.2 Å². The number of ether oxygens (including phenoxy) is 1. The van der Waals surface area contributed by atoms with Crippen molar-refractivity contribution in [2.24, 2.45) is 0 Å². The molecule has 0 saturated heterocycles. The number of carboxylic acids is 1. The molecule has 1 N–H and O–H groups in total. The SMILES string of the molecule is Cc1ccc(Sc2ccc3c(c2)OCCC3CCc2cnccc2C(=O)O)s1. The van der Waals surface area contributed by atoms with Gasteiger partial charge in [-0.2, -0.15) is 0 Å². The van der Waals surface area contributed by atoms with Crippen molar-refractivity contribution in [2.75, 3.05) is 6.61 Å². The van der Waals surface area contributed by atoms with Crippen molar-refractivity contribution >= 4 is 29.1 Å². The Morgan fingerprint density at radius 1 is 1.32 bits per heavy atom. The molecule has 0 spiro atoms. The number of hydrogen-bond donors (Lipinski definition) is 1. The third kappa shape index (κ3) is 4.23. The fourth-order valence-electron chi connectivity index (χ4n) is 3.55. The second-order valence-corrected chi connectivity index (χ2v) is 9.54. The Bertz CT molecular complexity index is 999. The molecule has 1 aliphatic rings. The monoisotopic (exact) mass is 411 g/mol. The molecule has 4 nitrogen and oxygen atoms in total. The second kappa shape index (κ2) is 8.37. The summed E-state index contributed by atoms with van der Waals surface area (Å²) in [7, 11) is 0. The van der Waals surface area contributed by atoms with Gasteiger partial charge in [-0.15, -0.1) is 11.3 Å². The lowest BCUT2D eigenvalue weighted by Gasteiger charge is -2.26. The van der Waals surface area contributed by atoms with Gasteiger partial charge in [0.1, 0.15) is 5.75 Å². The lowest BCUT2D eigenvalue weighted by molar-refractivity contribution is 0.0695. The molecule has 4 rings (SSSR count). The average Bonchev–Trinajstić information content (AvgIpc) is 3.10. The average molecular weight is 412 g/mol. The highest BCUT2D eigenvalue weighted by molar-refractivity contribution is 8.01. The van der Waals surface area contributed by atoms with Crippen molar-refractivity contribution in [3.63, 3.8) is 0 Å². The Morgan fingerprint density at radius 2 is 2.21 bits per heavy atom. The number of rotatable bonds is 6. The van der Waals surface area contributed by atoms with Crippen LogP contribution in [-0.2, 0) is 6.42 Å². The molecule has 1 aromatic carbocycles. The summed E-state index contributed by atoms with van der Waals surface area (Å²) >= 11 is 3.56. The summed E-state index contributed by atoms with van der Waals surface area (Å²) in [6.07, 6.45) is 5.74. The van der Waals surface area contributed by atoms with Crippen LogP contribution in [-0.4, -0.2) is 22.7 Å². The summed E-state index contributed by atoms with van der Waals surface area (Å²) < 4.78 is 7.22. The third-order valence-electron chi connectivity index (χ3n) is 4.98. The van der Waals surface area contributed by atoms with Crippen LogP contribution in [0.5, 0.6) is 5.75 Å². The summed E-state index contributed by atoms with van der Waals surface area (Å²) in [6.45, 7) is 2.82. The van der Waals surface area contributed by atoms with Crippen molar-refractivity contribution in [3.8, 4) is 5.75 Å². The van der Waals surface area contributed by atoms with E-state index in [1.807, 2.05) is 0 Å². The molecule has 0 radical (unpaired) electrons. The van der Waals surface area contributed by atoms with Crippen LogP contribution >= 0.6 is 23.1 Å². The molecular formula is C22H21NO3S2. The molecule has 3 heterocycles. The molecule has 0 fully saturated rings. The number of fused-ring (bicyclic) bond motifs is 1. The van der Waals surface area contributed by atoms with Crippen LogP contribution in [0.3, 0.4) is 0 Å². The third-order valence-corrected chi connectivity index (χ3v) is 7.10. The zero-order chi connectivity index (χ0) is 19.5. The van der Waals surface area contributed by atoms with Crippen LogP contribution in [0, 0.1) is 6.92 Å². The van der Waals surface area contributed by atoms with E-state index in [1.165, 1.54) is 25.7 Å². The summed E-state index contributed by atoms with van der Waals surface area (Å²) in [5.41, 5.74) is 2.36. The topological polar surface area (TPSA) is 59.4 Å². The van der Waals surface area contributed by atoms with Crippen molar-refractivity contribution < 1.29 is 14.6 Å². The summed E-state index contributed by atoms with van der Waals surface area (Å²) in [4.78, 5) is 18.0. The summed E-state index contributed by atoms with van der Waals surface area (Å²) in [5.74, 6) is 0.433. The molecule has 0 bridgehead atoms. The first-order valence-electron chi connectivity index (χ1n) is 9.27. The molecule has 1 unspecified atom stereocenters. The molecule has 1 aliphatic heterocycles. The van der Waals surface area contributed by atoms with E-state index in [-0.39, 0.29) is 0 Å². The number of nitrogens with zero attached hydrogens (tertiary/aromatic N) is 1. The van der Waals surface area contributed by atoms with Crippen LogP contribution in [0.25, 0.3) is 0 Å². The Morgan fingerprint density at radius 3 is 3.00 bits per heavy atom. The Labute approximate surface area is 172 Å². The van der Waals surface area contributed by atoms with E-state index in [9.17, 15) is 9.90 Å². The Hall–Kier alpha value is -2.31. The van der Waals surface area contributed by atoms with Crippen molar-refractivity contribution in [1.29, 1.82) is 0 Å². The molecule has 0 aliphatic carbocycles. The van der Waals surface area contributed by atoms with Crippen LogP contribution in [0.2, 0.25) is 0 Å². The van der Waals surface area contributed by atoms with Gasteiger partial charge in [0, 0.05) is 22.2 Å². The maximum Gasteiger partial charge on any atom is 0.336 e. The fourth-order valence-corrected chi connectivity index (χ4v) is 5.66. The van der Waals surface area contributed by atoms with Gasteiger partial charge in [0.2, 0.25) is 0 Å². The van der Waals surface area contributed by atoms with Crippen molar-refractivity contribution in [3.05, 3.63) is 70.4 Å². The fraction of sp³-hybridized carbons (Fsp3) is 0.273. The molecule has 28 heavy (non-hydrogen) atoms. The second-order valence-electron chi connectivity index (χ2n) is 6.88. The first-order chi connectivity index (χ1) is 13.6. The first-order valence-corrected chi connectivity index (χ1v) is 10.9. The maximum absolute atomic E-state index is 11.4. The number of aromatic nitrogens is 1. The van der Waals surface area contributed by atoms with Gasteiger partial charge in [0.25, 0.3) is 0 Å². The van der Waals surface area contributed by atoms with Gasteiger partial charge in [-0.25, -0.2) is 4.79 Å². The van der Waals surface area contributed by atoms with Gasteiger partial charge >= 0.3 is 5.97 Å². The van der Waals surface area contributed by atoms with Crippen LogP contribution in [0.15, 0.2) is 57.9 Å². The van der Waals surface area contributed by atoms with E-state index in [2.05, 4.69) is 42.2 Å². The maximum atomic E-state index is 11.4. The first kappa shape index (κ1) is 19.0. The summed E-state index contributed by atoms with van der Waals surface area (Å²) in [6, 6.07) is 12.3. The lowest BCUT2D eigenvalue weighted by atomic mass is 9.87. The molecule has 1 atom stereocenters. The van der Waals surface area contributed by atoms with E-state index >= 15 is 0 Å². The molecule has 6 heteroatoms. The minimum Gasteiger partial charge on any atom is -0.493 e. The van der Waals surface area contributed by atoms with Gasteiger partial charge in [-0.05, 0) is 73.6 Å². The number of thiophene rings is 1. The standard InChI is InChI=1S/C22H21NO3S2/c1-14-2-7-21(27-14)28-17-5-6-18-15(9-11-26-20(18)12-17)3-4-16-13-23-10-8-19(16)22(24)25/h2,5-8,10,12-13,15H,3-4,9,11H2,1H3,(H,24,25). The number of hydrogen-bond acceptors (Lipinski definition) is 5. The number of aromatic carboxylic acids is 1. The minimum absolute atomic E-state index is 0.347. The van der Waals surface area contributed by atoms with Gasteiger partial charge in [-0.3, -0.25) is 4.98 Å². The summed E-state index contributed by atoms with van der Waals surface area (Å²) in [5, 5.41) is 9.36. The number of benzene rings is 1. The predicted molar refractivity (Wildman–Crippen MR) is 112 cm³/mol. The number of carboxylic acid groups (broad SMARTS) is 1. The van der Waals surface area contributed by atoms with Gasteiger partial charge in [-0.1, -0.05) is 17.8 Å². The smallest absolute Gasteiger partial charge is 0.336 e. The highest BCUT2D eigenvalue weighted by Gasteiger charge is 2.23. The number of pyridine rings is 1. The molecule has 0 amide bonds. The van der Waals surface area contributed by atoms with Gasteiger partial charge < -0.3 is 9.84 Å². The minimum atomic E-state index is -0.893. The molecular weight excluding hydrogens is 390 g/mol. The number of carbonyl (C=O) groups is 1. The van der Waals surface area contributed by atoms with E-state index in [0.29, 0.717) is 24.5 Å². The van der Waals surface area contributed by atoms with E-state index in [1.54, 1.807) is 35.4 Å². The lowest BCUT2D eigenvalue weighted by Crippen LogP contribution is -2.15. The van der Waals surface area contributed by atoms with E-state index < -0.39 is 5.97 Å². The normalized spacial score (nSPS) is 15.7. The Kier molecular flexibility index (Phi) is 5.69. The molecule has 2 aromatic heterocycles. The quantitative estimate of drug-likeness (QED) is 0.555. The van der Waals surface area contributed by atoms with Crippen LogP contribution in [0.4, 0.5) is 0 Å². The van der Waals surface area contributed by atoms with Crippen molar-refractivity contribution in [1.82, 2.24) is 4.98 Å². The van der Waals surface area contributed by atoms with Crippen LogP contribution < -0.4 is 4.74 Å². The van der Waals surface area contributed by atoms with E-state index in [0.717, 1.165) is 24.2 Å². The largest absolute Gasteiger partial charge is 0.493 e. The predicted octanol–water partition coefficient (Wildman–Crippen LogP) is 5.80. The zero-order valence-electron chi connectivity index (χ0n) is 15.6. The van der Waals surface area contributed by atoms with Crippen LogP contribution in [0.1, 0.15) is 45.1 Å². The molecule has 144 valence electrons. The highest BCUT2D eigenvalue weighted by atomic mass is 32.2. The molecule has 3 aromatic rings. The van der Waals surface area contributed by atoms with Gasteiger partial charge in [0.15, 0.2) is 0 Å². The molecule has 0 saturated carbocycles. The zero-order valence-corrected chi connectivity index (χ0v) is 17.2. The van der Waals surface area contributed by atoms with Gasteiger partial charge in [0.05, 0.1) is 16.4 Å².